The largest absolute Gasteiger partial charge is 0.756 e. The number of ether oxygens (including phenoxy) is 2. The molecule has 0 amide bonds. The minimum Gasteiger partial charge on any atom is -0.756 e. The number of phosphoric ester groups is 1. The summed E-state index contributed by atoms with van der Waals surface area (Å²) in [5.74, 6) is -0.857. The fourth-order valence-corrected chi connectivity index (χ4v) is 7.14. The number of phosphoric acid groups is 1. The molecule has 0 fully saturated rings. The van der Waals surface area contributed by atoms with Gasteiger partial charge in [0, 0.05) is 12.8 Å². The van der Waals surface area contributed by atoms with Crippen LogP contribution in [0.2, 0.25) is 0 Å². The van der Waals surface area contributed by atoms with Gasteiger partial charge >= 0.3 is 11.9 Å². The lowest BCUT2D eigenvalue weighted by Gasteiger charge is -2.28. The van der Waals surface area contributed by atoms with Gasteiger partial charge in [0.15, 0.2) is 6.10 Å². The van der Waals surface area contributed by atoms with E-state index in [4.69, 9.17) is 18.5 Å². The summed E-state index contributed by atoms with van der Waals surface area (Å²) in [5, 5.41) is 0. The van der Waals surface area contributed by atoms with Gasteiger partial charge in [-0.25, -0.2) is 0 Å². The summed E-state index contributed by atoms with van der Waals surface area (Å²) in [6, 6.07) is 0. The van der Waals surface area contributed by atoms with Crippen molar-refractivity contribution in [3.63, 3.8) is 0 Å². The summed E-state index contributed by atoms with van der Waals surface area (Å²) < 4.78 is 34.0. The normalized spacial score (nSPS) is 13.9. The van der Waals surface area contributed by atoms with E-state index in [9.17, 15) is 19.0 Å². The van der Waals surface area contributed by atoms with E-state index in [2.05, 4.69) is 62.5 Å². The van der Waals surface area contributed by atoms with Crippen molar-refractivity contribution < 1.29 is 42.1 Å². The lowest BCUT2D eigenvalue weighted by atomic mass is 10.0. The first-order valence-electron chi connectivity index (χ1n) is 23.8. The van der Waals surface area contributed by atoms with Gasteiger partial charge in [0.2, 0.25) is 0 Å². The predicted molar refractivity (Wildman–Crippen MR) is 245 cm³/mol. The molecule has 2 atom stereocenters. The number of likely N-dealkylation sites (N-methyl/N-ethyl adjacent to an activating group) is 1. The van der Waals surface area contributed by atoms with Crippen LogP contribution in [0.5, 0.6) is 0 Å². The summed E-state index contributed by atoms with van der Waals surface area (Å²) >= 11 is 0. The second-order valence-electron chi connectivity index (χ2n) is 17.1. The molecule has 344 valence electrons. The summed E-state index contributed by atoms with van der Waals surface area (Å²) in [4.78, 5) is 37.6. The standard InChI is InChI=1S/C49H90NO8P/c1-6-8-10-12-14-16-18-20-22-24-26-27-29-31-33-35-37-39-41-48(51)55-45-47(46-57-59(53,54)56-44-43-50(3,4)5)58-49(52)42-40-38-36-34-32-30-28-25-23-21-19-17-15-13-11-9-7-2/h9,11,15,17,21,23,28,30,47H,6-8,10,12-14,16,18-20,22,24-27,29,31-46H2,1-5H3/b11-9-,17-15-,23-21-,30-28-. The zero-order valence-corrected chi connectivity index (χ0v) is 39.6. The maximum atomic E-state index is 12.7. The van der Waals surface area contributed by atoms with Gasteiger partial charge in [0.05, 0.1) is 27.7 Å². The highest BCUT2D eigenvalue weighted by atomic mass is 31.2. The van der Waals surface area contributed by atoms with Crippen molar-refractivity contribution in [2.45, 2.75) is 206 Å². The third kappa shape index (κ3) is 45.3. The van der Waals surface area contributed by atoms with Crippen LogP contribution in [0.1, 0.15) is 200 Å². The van der Waals surface area contributed by atoms with Crippen molar-refractivity contribution in [3.8, 4) is 0 Å². The van der Waals surface area contributed by atoms with Gasteiger partial charge in [0.25, 0.3) is 7.82 Å². The number of nitrogens with zero attached hydrogens (tertiary/aromatic N) is 1. The van der Waals surface area contributed by atoms with Crippen LogP contribution in [0.15, 0.2) is 48.6 Å². The molecule has 0 aromatic heterocycles. The Morgan fingerprint density at radius 1 is 0.542 bits per heavy atom. The zero-order valence-electron chi connectivity index (χ0n) is 38.7. The van der Waals surface area contributed by atoms with Crippen molar-refractivity contribution in [3.05, 3.63) is 48.6 Å². The second kappa shape index (κ2) is 41.3. The molecule has 0 aliphatic rings. The molecule has 0 N–H and O–H groups in total. The number of rotatable bonds is 43. The molecular weight excluding hydrogens is 762 g/mol. The van der Waals surface area contributed by atoms with Crippen molar-refractivity contribution >= 4 is 19.8 Å². The van der Waals surface area contributed by atoms with E-state index in [1.165, 1.54) is 96.3 Å². The monoisotopic (exact) mass is 852 g/mol. The van der Waals surface area contributed by atoms with Gasteiger partial charge in [-0.3, -0.25) is 14.2 Å². The summed E-state index contributed by atoms with van der Waals surface area (Å²) in [6.07, 6.45) is 48.5. The summed E-state index contributed by atoms with van der Waals surface area (Å²) in [7, 11) is 1.15. The van der Waals surface area contributed by atoms with E-state index < -0.39 is 26.5 Å². The van der Waals surface area contributed by atoms with Crippen LogP contribution in [0.3, 0.4) is 0 Å². The molecule has 9 nitrogen and oxygen atoms in total. The SMILES string of the molecule is CC/C=C\C/C=C\C/C=C\C/C=C\CCCCCCC(=O)OC(COC(=O)CCCCCCCCCCCCCCCCCCCC)COP(=O)([O-])OCC[N+](C)(C)C. The Hall–Kier alpha value is -2.03. The number of esters is 2. The predicted octanol–water partition coefficient (Wildman–Crippen LogP) is 13.2. The van der Waals surface area contributed by atoms with Crippen LogP contribution in [0.25, 0.3) is 0 Å². The average molecular weight is 852 g/mol. The van der Waals surface area contributed by atoms with E-state index in [-0.39, 0.29) is 32.0 Å². The lowest BCUT2D eigenvalue weighted by molar-refractivity contribution is -0.870. The Bertz CT molecular complexity index is 1150. The Morgan fingerprint density at radius 2 is 0.966 bits per heavy atom. The number of unbranched alkanes of at least 4 members (excludes halogenated alkanes) is 21. The Morgan fingerprint density at radius 3 is 1.44 bits per heavy atom. The van der Waals surface area contributed by atoms with Crippen LogP contribution >= 0.6 is 7.82 Å². The van der Waals surface area contributed by atoms with E-state index in [0.29, 0.717) is 17.4 Å². The highest BCUT2D eigenvalue weighted by Gasteiger charge is 2.21. The number of carbonyl (C=O) groups is 2. The molecule has 0 rings (SSSR count). The Balaban J connectivity index is 4.33. The van der Waals surface area contributed by atoms with E-state index in [1.54, 1.807) is 0 Å². The molecule has 0 saturated carbocycles. The minimum atomic E-state index is -4.63. The summed E-state index contributed by atoms with van der Waals surface area (Å²) in [5.41, 5.74) is 0. The number of allylic oxidation sites excluding steroid dienone is 8. The second-order valence-corrected chi connectivity index (χ2v) is 18.5. The number of hydrogen-bond acceptors (Lipinski definition) is 8. The van der Waals surface area contributed by atoms with E-state index in [0.717, 1.165) is 70.6 Å². The van der Waals surface area contributed by atoms with Crippen molar-refractivity contribution in [2.24, 2.45) is 0 Å². The van der Waals surface area contributed by atoms with Crippen LogP contribution in [-0.2, 0) is 32.7 Å². The van der Waals surface area contributed by atoms with Crippen LogP contribution < -0.4 is 4.89 Å². The van der Waals surface area contributed by atoms with Crippen molar-refractivity contribution in [2.75, 3.05) is 47.5 Å². The molecule has 2 unspecified atom stereocenters. The number of quaternary nitrogens is 1. The first kappa shape index (κ1) is 57.0. The van der Waals surface area contributed by atoms with Gasteiger partial charge in [-0.15, -0.1) is 0 Å². The van der Waals surface area contributed by atoms with Gasteiger partial charge in [-0.2, -0.15) is 0 Å². The quantitative estimate of drug-likeness (QED) is 0.0196. The molecule has 0 bridgehead atoms. The van der Waals surface area contributed by atoms with Crippen molar-refractivity contribution in [1.29, 1.82) is 0 Å². The molecular formula is C49H90NO8P. The van der Waals surface area contributed by atoms with Crippen LogP contribution in [-0.4, -0.2) is 70.0 Å². The molecule has 0 heterocycles. The third-order valence-corrected chi connectivity index (χ3v) is 11.1. The molecule has 0 aromatic carbocycles. The smallest absolute Gasteiger partial charge is 0.306 e. The molecule has 0 aliphatic carbocycles. The number of carbonyl (C=O) groups excluding carboxylic acids is 2. The van der Waals surface area contributed by atoms with Gasteiger partial charge < -0.3 is 27.9 Å². The highest BCUT2D eigenvalue weighted by molar-refractivity contribution is 7.45. The first-order valence-corrected chi connectivity index (χ1v) is 25.3. The molecule has 0 saturated heterocycles. The Labute approximate surface area is 363 Å². The maximum Gasteiger partial charge on any atom is 0.306 e. The maximum absolute atomic E-state index is 12.7. The van der Waals surface area contributed by atoms with Crippen LogP contribution in [0, 0.1) is 0 Å². The van der Waals surface area contributed by atoms with Crippen molar-refractivity contribution in [1.82, 2.24) is 0 Å². The molecule has 0 spiro atoms. The molecule has 0 aliphatic heterocycles. The van der Waals surface area contributed by atoms with Gasteiger partial charge in [-0.05, 0) is 51.4 Å². The third-order valence-electron chi connectivity index (χ3n) is 10.1. The lowest BCUT2D eigenvalue weighted by Crippen LogP contribution is -2.37. The Kier molecular flexibility index (Phi) is 39.9. The molecule has 0 radical (unpaired) electrons. The van der Waals surface area contributed by atoms with E-state index in [1.807, 2.05) is 21.1 Å². The molecule has 59 heavy (non-hydrogen) atoms. The molecule has 0 aromatic rings. The first-order chi connectivity index (χ1) is 28.5. The topological polar surface area (TPSA) is 111 Å². The van der Waals surface area contributed by atoms with E-state index >= 15 is 0 Å². The van der Waals surface area contributed by atoms with Gasteiger partial charge in [-0.1, -0.05) is 184 Å². The average Bonchev–Trinajstić information content (AvgIpc) is 3.19. The highest BCUT2D eigenvalue weighted by Crippen LogP contribution is 2.38. The summed E-state index contributed by atoms with van der Waals surface area (Å²) in [6.45, 7) is 4.10. The fraction of sp³-hybridized carbons (Fsp3) is 0.796. The molecule has 10 heteroatoms. The number of hydrogen-bond donors (Lipinski definition) is 0. The minimum absolute atomic E-state index is 0.0363. The fourth-order valence-electron chi connectivity index (χ4n) is 6.41. The van der Waals surface area contributed by atoms with Gasteiger partial charge in [0.1, 0.15) is 19.8 Å². The van der Waals surface area contributed by atoms with Crippen LogP contribution in [0.4, 0.5) is 0 Å². The zero-order chi connectivity index (χ0) is 43.6.